The summed E-state index contributed by atoms with van der Waals surface area (Å²) in [5.41, 5.74) is 0.557. The van der Waals surface area contributed by atoms with Gasteiger partial charge in [-0.25, -0.2) is 4.79 Å². The number of esters is 1. The molecular weight excluding hydrogens is 442 g/mol. The number of nitro benzene ring substituents is 1. The van der Waals surface area contributed by atoms with Gasteiger partial charge in [0.2, 0.25) is 11.8 Å². The van der Waals surface area contributed by atoms with Crippen LogP contribution in [0.15, 0.2) is 60.7 Å². The highest BCUT2D eigenvalue weighted by molar-refractivity contribution is 6.22. The number of hydrogen-bond acceptors (Lipinski definition) is 7. The van der Waals surface area contributed by atoms with E-state index in [2.05, 4.69) is 5.32 Å². The van der Waals surface area contributed by atoms with E-state index in [-0.39, 0.29) is 52.4 Å². The van der Waals surface area contributed by atoms with Gasteiger partial charge in [-0.15, -0.1) is 0 Å². The number of anilines is 2. The summed E-state index contributed by atoms with van der Waals surface area (Å²) >= 11 is 0. The second kappa shape index (κ2) is 8.22. The maximum atomic E-state index is 12.9. The number of benzene rings is 2. The summed E-state index contributed by atoms with van der Waals surface area (Å²) in [6, 6.07) is 11.2. The zero-order chi connectivity index (χ0) is 24.0. The van der Waals surface area contributed by atoms with Gasteiger partial charge in [0.25, 0.3) is 11.6 Å². The van der Waals surface area contributed by atoms with Crippen molar-refractivity contribution in [2.45, 2.75) is 6.42 Å². The van der Waals surface area contributed by atoms with Gasteiger partial charge in [0.05, 0.1) is 28.0 Å². The summed E-state index contributed by atoms with van der Waals surface area (Å²) in [4.78, 5) is 61.6. The van der Waals surface area contributed by atoms with Crippen LogP contribution in [-0.4, -0.2) is 35.2 Å². The Morgan fingerprint density at radius 3 is 2.29 bits per heavy atom. The van der Waals surface area contributed by atoms with Gasteiger partial charge < -0.3 is 10.1 Å². The van der Waals surface area contributed by atoms with Crippen molar-refractivity contribution in [2.24, 2.45) is 23.7 Å². The lowest BCUT2D eigenvalue weighted by molar-refractivity contribution is -0.384. The maximum absolute atomic E-state index is 12.9. The van der Waals surface area contributed by atoms with E-state index in [9.17, 15) is 29.3 Å². The molecule has 4 atom stereocenters. The molecule has 1 aliphatic heterocycles. The number of non-ortho nitro benzene ring substituents is 1. The average molecular weight is 461 g/mol. The minimum Gasteiger partial charge on any atom is -0.452 e. The van der Waals surface area contributed by atoms with Crippen molar-refractivity contribution in [3.63, 3.8) is 0 Å². The average Bonchev–Trinajstić information content (AvgIpc) is 3.51. The second-order valence-corrected chi connectivity index (χ2v) is 8.49. The summed E-state index contributed by atoms with van der Waals surface area (Å²) in [6.45, 7) is -0.592. The fraction of sp³-hybridized carbons (Fsp3) is 0.250. The molecule has 1 saturated heterocycles. The Bertz CT molecular complexity index is 1220. The summed E-state index contributed by atoms with van der Waals surface area (Å²) in [5, 5.41) is 13.2. The number of carbonyl (C=O) groups excluding carboxylic acids is 4. The molecule has 10 nitrogen and oxygen atoms in total. The number of carbonyl (C=O) groups is 4. The highest BCUT2D eigenvalue weighted by Gasteiger charge is 2.59. The van der Waals surface area contributed by atoms with Crippen molar-refractivity contribution in [1.82, 2.24) is 0 Å². The molecule has 3 aliphatic rings. The van der Waals surface area contributed by atoms with Crippen molar-refractivity contribution in [3.8, 4) is 0 Å². The molecule has 172 valence electrons. The van der Waals surface area contributed by atoms with E-state index in [1.165, 1.54) is 53.4 Å². The van der Waals surface area contributed by atoms with Crippen molar-refractivity contribution >= 4 is 40.8 Å². The lowest BCUT2D eigenvalue weighted by Gasteiger charge is -2.17. The van der Waals surface area contributed by atoms with Gasteiger partial charge in [-0.1, -0.05) is 18.2 Å². The van der Waals surface area contributed by atoms with E-state index in [0.717, 1.165) is 6.42 Å². The SMILES string of the molecule is O=C(COC(=O)c1ccc(N2C(=O)[C@H]3[C@H](C2=O)[C@H]2C=C[C@H]3C2)cc1)Nc1cccc([N+](=O)[O-])c1. The Morgan fingerprint density at radius 1 is 1.03 bits per heavy atom. The molecule has 1 N–H and O–H groups in total. The van der Waals surface area contributed by atoms with Crippen LogP contribution in [-0.2, 0) is 19.1 Å². The number of amides is 3. The first-order chi connectivity index (χ1) is 16.3. The van der Waals surface area contributed by atoms with Gasteiger partial charge in [0.15, 0.2) is 6.61 Å². The molecule has 0 unspecified atom stereocenters. The molecule has 1 heterocycles. The van der Waals surface area contributed by atoms with Crippen LogP contribution in [0, 0.1) is 33.8 Å². The number of ether oxygens (including phenoxy) is 1. The Balaban J connectivity index is 1.19. The molecule has 5 rings (SSSR count). The first-order valence-corrected chi connectivity index (χ1v) is 10.7. The van der Waals surface area contributed by atoms with Gasteiger partial charge in [0, 0.05) is 17.8 Å². The summed E-state index contributed by atoms with van der Waals surface area (Å²) in [5.74, 6) is -2.24. The number of nitrogens with one attached hydrogen (secondary N) is 1. The van der Waals surface area contributed by atoms with Crippen LogP contribution in [0.3, 0.4) is 0 Å². The van der Waals surface area contributed by atoms with Gasteiger partial charge in [-0.2, -0.15) is 0 Å². The third-order valence-electron chi connectivity index (χ3n) is 6.51. The van der Waals surface area contributed by atoms with Gasteiger partial charge >= 0.3 is 5.97 Å². The second-order valence-electron chi connectivity index (χ2n) is 8.49. The minimum absolute atomic E-state index is 0.110. The van der Waals surface area contributed by atoms with E-state index < -0.39 is 23.4 Å². The molecule has 3 amide bonds. The third kappa shape index (κ3) is 3.62. The zero-order valence-electron chi connectivity index (χ0n) is 17.7. The van der Waals surface area contributed by atoms with Gasteiger partial charge in [-0.3, -0.25) is 29.4 Å². The smallest absolute Gasteiger partial charge is 0.338 e. The molecule has 0 aromatic heterocycles. The number of fused-ring (bicyclic) bond motifs is 5. The number of nitrogens with zero attached hydrogens (tertiary/aromatic N) is 2. The topological polar surface area (TPSA) is 136 Å². The van der Waals surface area contributed by atoms with Crippen LogP contribution in [0.2, 0.25) is 0 Å². The predicted octanol–water partition coefficient (Wildman–Crippen LogP) is 2.70. The standard InChI is InChI=1S/C24H19N3O7/c28-19(25-16-2-1-3-18(11-16)27(32)33)12-34-24(31)13-6-8-17(9-7-13)26-22(29)20-14-4-5-15(10-14)21(20)23(26)30/h1-9,11,14-15,20-21H,10,12H2,(H,25,28)/t14-,15-,20+,21+/m0/s1. The highest BCUT2D eigenvalue weighted by Crippen LogP contribution is 2.53. The van der Waals surface area contributed by atoms with Crippen molar-refractivity contribution in [2.75, 3.05) is 16.8 Å². The fourth-order valence-corrected chi connectivity index (χ4v) is 5.01. The van der Waals surface area contributed by atoms with Gasteiger partial charge in [-0.05, 0) is 48.6 Å². The van der Waals surface area contributed by atoms with Gasteiger partial charge in [0.1, 0.15) is 0 Å². The Kier molecular flexibility index (Phi) is 5.20. The zero-order valence-corrected chi connectivity index (χ0v) is 17.7. The molecule has 2 aromatic rings. The van der Waals surface area contributed by atoms with Crippen LogP contribution in [0.4, 0.5) is 17.1 Å². The third-order valence-corrected chi connectivity index (χ3v) is 6.51. The van der Waals surface area contributed by atoms with Crippen molar-refractivity contribution < 1.29 is 28.8 Å². The van der Waals surface area contributed by atoms with Crippen LogP contribution in [0.5, 0.6) is 0 Å². The Labute approximate surface area is 193 Å². The first kappa shape index (κ1) is 21.5. The lowest BCUT2D eigenvalue weighted by atomic mass is 9.85. The molecule has 34 heavy (non-hydrogen) atoms. The summed E-state index contributed by atoms with van der Waals surface area (Å²) in [6.07, 6.45) is 4.89. The van der Waals surface area contributed by atoms with Crippen LogP contribution in [0.1, 0.15) is 16.8 Å². The molecular formula is C24H19N3O7. The quantitative estimate of drug-likeness (QED) is 0.230. The lowest BCUT2D eigenvalue weighted by Crippen LogP contribution is -2.32. The minimum atomic E-state index is -0.765. The molecule has 2 bridgehead atoms. The highest BCUT2D eigenvalue weighted by atomic mass is 16.6. The molecule has 2 fully saturated rings. The number of allylic oxidation sites excluding steroid dienone is 2. The number of rotatable bonds is 6. The monoisotopic (exact) mass is 461 g/mol. The Morgan fingerprint density at radius 2 is 1.68 bits per heavy atom. The van der Waals surface area contributed by atoms with Crippen LogP contribution < -0.4 is 10.2 Å². The van der Waals surface area contributed by atoms with E-state index in [4.69, 9.17) is 4.74 Å². The molecule has 2 aliphatic carbocycles. The summed E-state index contributed by atoms with van der Waals surface area (Å²) in [7, 11) is 0. The number of hydrogen-bond donors (Lipinski definition) is 1. The predicted molar refractivity (Wildman–Crippen MR) is 119 cm³/mol. The molecule has 0 spiro atoms. The number of imide groups is 1. The van der Waals surface area contributed by atoms with E-state index >= 15 is 0 Å². The maximum Gasteiger partial charge on any atom is 0.338 e. The molecule has 2 aromatic carbocycles. The molecule has 10 heteroatoms. The van der Waals surface area contributed by atoms with Crippen LogP contribution >= 0.6 is 0 Å². The van der Waals surface area contributed by atoms with Crippen LogP contribution in [0.25, 0.3) is 0 Å². The fourth-order valence-electron chi connectivity index (χ4n) is 5.01. The van der Waals surface area contributed by atoms with Crippen molar-refractivity contribution in [1.29, 1.82) is 0 Å². The largest absolute Gasteiger partial charge is 0.452 e. The van der Waals surface area contributed by atoms with E-state index in [0.29, 0.717) is 5.69 Å². The van der Waals surface area contributed by atoms with E-state index in [1.54, 1.807) is 0 Å². The molecule has 0 radical (unpaired) electrons. The molecule has 1 saturated carbocycles. The summed E-state index contributed by atoms with van der Waals surface area (Å²) < 4.78 is 5.00. The van der Waals surface area contributed by atoms with E-state index in [1.807, 2.05) is 12.2 Å². The number of nitro groups is 1. The Hall–Kier alpha value is -4.34. The normalized spacial score (nSPS) is 24.3. The first-order valence-electron chi connectivity index (χ1n) is 10.7. The van der Waals surface area contributed by atoms with Crippen molar-refractivity contribution in [3.05, 3.63) is 76.4 Å².